The SMILES string of the molecule is COc1ccc(-c2nc(Nc3ccc(OC4CCCCC4)cn3)n[nH]2)nc1. The van der Waals surface area contributed by atoms with E-state index in [1.807, 2.05) is 24.3 Å². The highest BCUT2D eigenvalue weighted by Crippen LogP contribution is 2.24. The van der Waals surface area contributed by atoms with Gasteiger partial charge in [-0.15, -0.1) is 5.10 Å². The van der Waals surface area contributed by atoms with Gasteiger partial charge in [-0.3, -0.25) is 5.10 Å². The van der Waals surface area contributed by atoms with E-state index in [0.717, 1.165) is 18.6 Å². The fraction of sp³-hybridized carbons (Fsp3) is 0.368. The van der Waals surface area contributed by atoms with Crippen LogP contribution in [0.4, 0.5) is 11.8 Å². The second kappa shape index (κ2) is 8.03. The Hall–Kier alpha value is -3.16. The molecule has 0 aromatic carbocycles. The molecule has 1 saturated carbocycles. The maximum atomic E-state index is 6.00. The number of aromatic amines is 1. The fourth-order valence-electron chi connectivity index (χ4n) is 3.09. The molecule has 1 aliphatic rings. The zero-order valence-corrected chi connectivity index (χ0v) is 15.2. The minimum absolute atomic E-state index is 0.312. The molecule has 0 bridgehead atoms. The number of anilines is 2. The van der Waals surface area contributed by atoms with E-state index >= 15 is 0 Å². The van der Waals surface area contributed by atoms with Crippen molar-refractivity contribution in [3.8, 4) is 23.0 Å². The quantitative estimate of drug-likeness (QED) is 0.686. The van der Waals surface area contributed by atoms with Crippen LogP contribution in [-0.4, -0.2) is 38.4 Å². The molecule has 0 spiro atoms. The van der Waals surface area contributed by atoms with Gasteiger partial charge in [0, 0.05) is 0 Å². The molecule has 4 rings (SSSR count). The number of pyridine rings is 2. The largest absolute Gasteiger partial charge is 0.495 e. The van der Waals surface area contributed by atoms with Crippen LogP contribution >= 0.6 is 0 Å². The average molecular weight is 366 g/mol. The second-order valence-corrected chi connectivity index (χ2v) is 6.47. The Morgan fingerprint density at radius 1 is 1.00 bits per heavy atom. The van der Waals surface area contributed by atoms with Crippen molar-refractivity contribution in [3.05, 3.63) is 36.7 Å². The summed E-state index contributed by atoms with van der Waals surface area (Å²) in [6.07, 6.45) is 9.73. The average Bonchev–Trinajstić information content (AvgIpc) is 3.19. The molecule has 0 aliphatic heterocycles. The van der Waals surface area contributed by atoms with Crippen LogP contribution in [0.15, 0.2) is 36.7 Å². The van der Waals surface area contributed by atoms with Crippen LogP contribution in [0.5, 0.6) is 11.5 Å². The highest BCUT2D eigenvalue weighted by Gasteiger charge is 2.15. The van der Waals surface area contributed by atoms with Gasteiger partial charge in [0.25, 0.3) is 0 Å². The summed E-state index contributed by atoms with van der Waals surface area (Å²) in [6.45, 7) is 0. The van der Waals surface area contributed by atoms with E-state index in [2.05, 4.69) is 30.5 Å². The first kappa shape index (κ1) is 17.3. The molecule has 0 atom stereocenters. The van der Waals surface area contributed by atoms with Crippen molar-refractivity contribution in [2.24, 2.45) is 0 Å². The van der Waals surface area contributed by atoms with Crippen molar-refractivity contribution in [2.75, 3.05) is 12.4 Å². The predicted molar refractivity (Wildman–Crippen MR) is 101 cm³/mol. The number of ether oxygens (including phenoxy) is 2. The molecule has 1 fully saturated rings. The number of methoxy groups -OCH3 is 1. The second-order valence-electron chi connectivity index (χ2n) is 6.47. The summed E-state index contributed by atoms with van der Waals surface area (Å²) in [5.41, 5.74) is 0.681. The third-order valence-electron chi connectivity index (χ3n) is 4.53. The monoisotopic (exact) mass is 366 g/mol. The molecule has 0 radical (unpaired) electrons. The number of hydrogen-bond acceptors (Lipinski definition) is 7. The van der Waals surface area contributed by atoms with E-state index in [9.17, 15) is 0 Å². The Kier molecular flexibility index (Phi) is 5.13. The summed E-state index contributed by atoms with van der Waals surface area (Å²) in [6, 6.07) is 7.42. The van der Waals surface area contributed by atoms with Gasteiger partial charge in [0.1, 0.15) is 23.0 Å². The number of H-pyrrole nitrogens is 1. The Bertz CT molecular complexity index is 857. The molecule has 140 valence electrons. The number of rotatable bonds is 6. The van der Waals surface area contributed by atoms with Crippen molar-refractivity contribution in [2.45, 2.75) is 38.2 Å². The van der Waals surface area contributed by atoms with Gasteiger partial charge in [-0.05, 0) is 49.9 Å². The van der Waals surface area contributed by atoms with E-state index in [4.69, 9.17) is 9.47 Å². The third kappa shape index (κ3) is 4.33. The maximum Gasteiger partial charge on any atom is 0.248 e. The summed E-state index contributed by atoms with van der Waals surface area (Å²) in [5, 5.41) is 10.1. The molecule has 3 aromatic heterocycles. The molecular formula is C19H22N6O2. The molecule has 1 aliphatic carbocycles. The lowest BCUT2D eigenvalue weighted by atomic mass is 9.98. The zero-order valence-electron chi connectivity index (χ0n) is 15.2. The number of aromatic nitrogens is 5. The molecule has 8 heteroatoms. The van der Waals surface area contributed by atoms with E-state index in [1.165, 1.54) is 19.3 Å². The van der Waals surface area contributed by atoms with Crippen LogP contribution in [0, 0.1) is 0 Å². The molecule has 3 heterocycles. The van der Waals surface area contributed by atoms with Gasteiger partial charge >= 0.3 is 0 Å². The molecule has 3 aromatic rings. The highest BCUT2D eigenvalue weighted by atomic mass is 16.5. The van der Waals surface area contributed by atoms with Gasteiger partial charge in [-0.1, -0.05) is 6.42 Å². The standard InChI is InChI=1S/C19H22N6O2/c1-26-14-7-9-16(20-11-14)18-23-19(25-24-18)22-17-10-8-15(12-21-17)27-13-5-3-2-4-6-13/h7-13H,2-6H2,1H3,(H2,21,22,23,24,25). The number of nitrogens with zero attached hydrogens (tertiary/aromatic N) is 4. The fourth-order valence-corrected chi connectivity index (χ4v) is 3.09. The lowest BCUT2D eigenvalue weighted by Crippen LogP contribution is -2.19. The minimum atomic E-state index is 0.312. The van der Waals surface area contributed by atoms with Gasteiger partial charge in [0.05, 0.1) is 25.6 Å². The van der Waals surface area contributed by atoms with Gasteiger partial charge in [0.15, 0.2) is 5.82 Å². The Morgan fingerprint density at radius 3 is 2.52 bits per heavy atom. The van der Waals surface area contributed by atoms with Crippen molar-refractivity contribution < 1.29 is 9.47 Å². The van der Waals surface area contributed by atoms with Crippen molar-refractivity contribution >= 4 is 11.8 Å². The lowest BCUT2D eigenvalue weighted by Gasteiger charge is -2.22. The molecule has 0 amide bonds. The molecule has 0 unspecified atom stereocenters. The number of nitrogens with one attached hydrogen (secondary N) is 2. The Balaban J connectivity index is 1.38. The van der Waals surface area contributed by atoms with Gasteiger partial charge in [0.2, 0.25) is 5.95 Å². The predicted octanol–water partition coefficient (Wildman–Crippen LogP) is 3.73. The first-order chi connectivity index (χ1) is 13.3. The Labute approximate surface area is 157 Å². The van der Waals surface area contributed by atoms with Gasteiger partial charge in [-0.25, -0.2) is 9.97 Å². The summed E-state index contributed by atoms with van der Waals surface area (Å²) in [7, 11) is 1.60. The summed E-state index contributed by atoms with van der Waals surface area (Å²) >= 11 is 0. The van der Waals surface area contributed by atoms with Gasteiger partial charge < -0.3 is 14.8 Å². The zero-order chi connectivity index (χ0) is 18.5. The first-order valence-electron chi connectivity index (χ1n) is 9.13. The normalized spacial score (nSPS) is 14.7. The van der Waals surface area contributed by atoms with Crippen molar-refractivity contribution in [1.82, 2.24) is 25.1 Å². The van der Waals surface area contributed by atoms with E-state index in [0.29, 0.717) is 35.1 Å². The van der Waals surface area contributed by atoms with Crippen molar-refractivity contribution in [3.63, 3.8) is 0 Å². The van der Waals surface area contributed by atoms with Gasteiger partial charge in [-0.2, -0.15) is 4.98 Å². The topological polar surface area (TPSA) is 97.8 Å². The summed E-state index contributed by atoms with van der Waals surface area (Å²) in [5.74, 6) is 3.13. The van der Waals surface area contributed by atoms with Crippen LogP contribution in [0.25, 0.3) is 11.5 Å². The molecule has 8 nitrogen and oxygen atoms in total. The van der Waals surface area contributed by atoms with Crippen LogP contribution in [0.1, 0.15) is 32.1 Å². The van der Waals surface area contributed by atoms with Crippen LogP contribution in [0.3, 0.4) is 0 Å². The van der Waals surface area contributed by atoms with Crippen molar-refractivity contribution in [1.29, 1.82) is 0 Å². The molecule has 27 heavy (non-hydrogen) atoms. The molecule has 2 N–H and O–H groups in total. The molecular weight excluding hydrogens is 344 g/mol. The minimum Gasteiger partial charge on any atom is -0.495 e. The van der Waals surface area contributed by atoms with E-state index in [1.54, 1.807) is 19.5 Å². The van der Waals surface area contributed by atoms with Crippen LogP contribution < -0.4 is 14.8 Å². The summed E-state index contributed by atoms with van der Waals surface area (Å²) in [4.78, 5) is 13.1. The number of hydrogen-bond donors (Lipinski definition) is 2. The first-order valence-corrected chi connectivity index (χ1v) is 9.13. The van der Waals surface area contributed by atoms with E-state index < -0.39 is 0 Å². The van der Waals surface area contributed by atoms with Crippen LogP contribution in [-0.2, 0) is 0 Å². The maximum absolute atomic E-state index is 6.00. The molecule has 0 saturated heterocycles. The highest BCUT2D eigenvalue weighted by molar-refractivity contribution is 5.55. The third-order valence-corrected chi connectivity index (χ3v) is 4.53. The van der Waals surface area contributed by atoms with E-state index in [-0.39, 0.29) is 0 Å². The van der Waals surface area contributed by atoms with Crippen LogP contribution in [0.2, 0.25) is 0 Å². The smallest absolute Gasteiger partial charge is 0.248 e. The lowest BCUT2D eigenvalue weighted by molar-refractivity contribution is 0.154. The summed E-state index contributed by atoms with van der Waals surface area (Å²) < 4.78 is 11.1. The Morgan fingerprint density at radius 2 is 1.81 bits per heavy atom.